The maximum Gasteiger partial charge on any atom is 0.164 e. The van der Waals surface area contributed by atoms with Gasteiger partial charge in [0, 0.05) is 16.7 Å². The Morgan fingerprint density at radius 3 is 1.33 bits per heavy atom. The van der Waals surface area contributed by atoms with Gasteiger partial charge in [-0.25, -0.2) is 15.0 Å². The minimum atomic E-state index is -0.374. The summed E-state index contributed by atoms with van der Waals surface area (Å²) in [5.74, 6) is 2.07. The monoisotopic (exact) mass is 657 g/mol. The second-order valence-electron chi connectivity index (χ2n) is 15.8. The van der Waals surface area contributed by atoms with Gasteiger partial charge in [-0.3, -0.25) is 0 Å². The highest BCUT2D eigenvalue weighted by atomic mass is 15.0. The topological polar surface area (TPSA) is 38.7 Å². The molecule has 0 aliphatic heterocycles. The first-order valence-corrected chi connectivity index (χ1v) is 18.2. The molecule has 1 spiro atoms. The first-order valence-electron chi connectivity index (χ1n) is 18.2. The van der Waals surface area contributed by atoms with Crippen LogP contribution < -0.4 is 0 Å². The zero-order valence-electron chi connectivity index (χ0n) is 29.5. The van der Waals surface area contributed by atoms with Crippen molar-refractivity contribution in [1.29, 1.82) is 0 Å². The molecule has 0 saturated carbocycles. The van der Waals surface area contributed by atoms with Crippen molar-refractivity contribution in [2.75, 3.05) is 0 Å². The normalized spacial score (nSPS) is 16.5. The highest BCUT2D eigenvalue weighted by Crippen LogP contribution is 2.63. The number of hydrogen-bond acceptors (Lipinski definition) is 3. The van der Waals surface area contributed by atoms with Crippen LogP contribution in [0.1, 0.15) is 73.9 Å². The van der Waals surface area contributed by atoms with E-state index in [9.17, 15) is 0 Å². The van der Waals surface area contributed by atoms with Gasteiger partial charge in [0.05, 0.1) is 5.41 Å². The number of rotatable bonds is 3. The predicted molar refractivity (Wildman–Crippen MR) is 208 cm³/mol. The molecule has 1 heterocycles. The van der Waals surface area contributed by atoms with Crippen LogP contribution in [0, 0.1) is 0 Å². The molecular formula is C48H39N3. The van der Waals surface area contributed by atoms with E-state index in [-0.39, 0.29) is 16.2 Å². The maximum atomic E-state index is 5.25. The number of nitrogens with zero attached hydrogens (tertiary/aromatic N) is 3. The van der Waals surface area contributed by atoms with Gasteiger partial charge >= 0.3 is 0 Å². The van der Waals surface area contributed by atoms with Gasteiger partial charge in [0.1, 0.15) is 0 Å². The highest BCUT2D eigenvalue weighted by Gasteiger charge is 2.51. The Labute approximate surface area is 300 Å². The van der Waals surface area contributed by atoms with E-state index in [0.717, 1.165) is 23.1 Å². The first-order chi connectivity index (χ1) is 24.8. The molecule has 51 heavy (non-hydrogen) atoms. The van der Waals surface area contributed by atoms with Gasteiger partial charge in [-0.2, -0.15) is 0 Å². The van der Waals surface area contributed by atoms with Crippen LogP contribution in [-0.2, 0) is 16.2 Å². The Morgan fingerprint density at radius 2 is 0.765 bits per heavy atom. The summed E-state index contributed by atoms with van der Waals surface area (Å²) in [5, 5.41) is 0. The molecule has 0 bridgehead atoms. The average molecular weight is 658 g/mol. The Kier molecular flexibility index (Phi) is 6.31. The van der Waals surface area contributed by atoms with Crippen LogP contribution in [0.15, 0.2) is 140 Å². The van der Waals surface area contributed by atoms with Gasteiger partial charge in [0.2, 0.25) is 0 Å². The van der Waals surface area contributed by atoms with E-state index >= 15 is 0 Å². The van der Waals surface area contributed by atoms with Crippen LogP contribution in [0.4, 0.5) is 0 Å². The summed E-state index contributed by atoms with van der Waals surface area (Å²) in [5.41, 5.74) is 16.1. The lowest BCUT2D eigenvalue weighted by Crippen LogP contribution is -2.33. The number of aromatic nitrogens is 3. The summed E-state index contributed by atoms with van der Waals surface area (Å²) in [6.07, 6.45) is 2.33. The molecule has 0 atom stereocenters. The standard InChI is InChI=1S/C48H39N3/c1-46(2)26-27-47(3,4)42-29-32(23-25-41(42)46)45-50-43(30-14-6-5-7-15-30)49-44(51-45)31-22-24-40-36(28-31)35-18-10-13-21-39(35)48(40)37-19-11-8-16-33(37)34-17-9-12-20-38(34)48/h5-25,28-29H,26-27H2,1-4H3. The van der Waals surface area contributed by atoms with E-state index in [2.05, 4.69) is 149 Å². The molecule has 6 aromatic carbocycles. The fourth-order valence-corrected chi connectivity index (χ4v) is 9.32. The quantitative estimate of drug-likeness (QED) is 0.190. The van der Waals surface area contributed by atoms with Crippen LogP contribution in [0.5, 0.6) is 0 Å². The molecule has 7 aromatic rings. The first kappa shape index (κ1) is 30.2. The van der Waals surface area contributed by atoms with Crippen LogP contribution in [0.2, 0.25) is 0 Å². The van der Waals surface area contributed by atoms with Crippen molar-refractivity contribution in [3.05, 3.63) is 173 Å². The highest BCUT2D eigenvalue weighted by molar-refractivity contribution is 5.95. The lowest BCUT2D eigenvalue weighted by Gasteiger charge is -2.42. The zero-order valence-corrected chi connectivity index (χ0v) is 29.5. The van der Waals surface area contributed by atoms with Gasteiger partial charge in [0.25, 0.3) is 0 Å². The SMILES string of the molecule is CC1(C)CCC(C)(C)c2cc(-c3nc(-c4ccccc4)nc(-c4ccc5c(c4)-c4ccccc4C54c5ccccc5-c5ccccc54)n3)ccc21. The van der Waals surface area contributed by atoms with E-state index in [1.807, 2.05) is 18.2 Å². The molecule has 0 radical (unpaired) electrons. The molecule has 0 N–H and O–H groups in total. The summed E-state index contributed by atoms with van der Waals surface area (Å²) in [4.78, 5) is 15.5. The van der Waals surface area contributed by atoms with E-state index in [1.165, 1.54) is 62.1 Å². The molecule has 0 saturated heterocycles. The molecule has 3 nitrogen and oxygen atoms in total. The Hall–Kier alpha value is -5.67. The van der Waals surface area contributed by atoms with Crippen molar-refractivity contribution in [3.63, 3.8) is 0 Å². The van der Waals surface area contributed by atoms with Crippen molar-refractivity contribution in [1.82, 2.24) is 15.0 Å². The van der Waals surface area contributed by atoms with Gasteiger partial charge in [-0.15, -0.1) is 0 Å². The second kappa shape index (κ2) is 10.7. The number of fused-ring (bicyclic) bond motifs is 11. The van der Waals surface area contributed by atoms with Crippen molar-refractivity contribution >= 4 is 0 Å². The molecule has 0 fully saturated rings. The Morgan fingerprint density at radius 1 is 0.353 bits per heavy atom. The van der Waals surface area contributed by atoms with Gasteiger partial charge in [-0.1, -0.05) is 155 Å². The van der Waals surface area contributed by atoms with Crippen LogP contribution in [-0.4, -0.2) is 15.0 Å². The molecule has 1 aromatic heterocycles. The summed E-state index contributed by atoms with van der Waals surface area (Å²) < 4.78 is 0. The van der Waals surface area contributed by atoms with Crippen molar-refractivity contribution in [3.8, 4) is 56.4 Å². The summed E-state index contributed by atoms with van der Waals surface area (Å²) in [6, 6.07) is 50.9. The third-order valence-electron chi connectivity index (χ3n) is 12.0. The molecular weight excluding hydrogens is 619 g/mol. The molecule has 10 rings (SSSR count). The minimum absolute atomic E-state index is 0.0831. The molecule has 0 amide bonds. The largest absolute Gasteiger partial charge is 0.208 e. The molecule has 3 aliphatic carbocycles. The fourth-order valence-electron chi connectivity index (χ4n) is 9.32. The van der Waals surface area contributed by atoms with E-state index in [1.54, 1.807) is 0 Å². The van der Waals surface area contributed by atoms with E-state index in [0.29, 0.717) is 17.5 Å². The van der Waals surface area contributed by atoms with Crippen LogP contribution in [0.3, 0.4) is 0 Å². The van der Waals surface area contributed by atoms with E-state index in [4.69, 9.17) is 15.0 Å². The smallest absolute Gasteiger partial charge is 0.164 e. The number of hydrogen-bond donors (Lipinski definition) is 0. The third kappa shape index (κ3) is 4.27. The predicted octanol–water partition coefficient (Wildman–Crippen LogP) is 11.6. The maximum absolute atomic E-state index is 5.25. The molecule has 3 heteroatoms. The van der Waals surface area contributed by atoms with E-state index < -0.39 is 0 Å². The lowest BCUT2D eigenvalue weighted by atomic mass is 9.63. The summed E-state index contributed by atoms with van der Waals surface area (Å²) in [6.45, 7) is 9.48. The van der Waals surface area contributed by atoms with Gasteiger partial charge < -0.3 is 0 Å². The van der Waals surface area contributed by atoms with Crippen LogP contribution >= 0.6 is 0 Å². The molecule has 0 unspecified atom stereocenters. The summed E-state index contributed by atoms with van der Waals surface area (Å²) in [7, 11) is 0. The number of benzene rings is 6. The summed E-state index contributed by atoms with van der Waals surface area (Å²) >= 11 is 0. The van der Waals surface area contributed by atoms with Gasteiger partial charge in [-0.05, 0) is 91.4 Å². The molecule has 3 aliphatic rings. The lowest BCUT2D eigenvalue weighted by molar-refractivity contribution is 0.332. The zero-order chi connectivity index (χ0) is 34.5. The van der Waals surface area contributed by atoms with Crippen LogP contribution in [0.25, 0.3) is 56.4 Å². The third-order valence-corrected chi connectivity index (χ3v) is 12.0. The minimum Gasteiger partial charge on any atom is -0.208 e. The van der Waals surface area contributed by atoms with Crippen molar-refractivity contribution in [2.24, 2.45) is 0 Å². The average Bonchev–Trinajstić information content (AvgIpc) is 3.64. The molecule has 246 valence electrons. The Bertz CT molecular complexity index is 2500. The van der Waals surface area contributed by atoms with Gasteiger partial charge in [0.15, 0.2) is 17.5 Å². The van der Waals surface area contributed by atoms with Crippen molar-refractivity contribution < 1.29 is 0 Å². The second-order valence-corrected chi connectivity index (χ2v) is 15.8. The van der Waals surface area contributed by atoms with Crippen molar-refractivity contribution in [2.45, 2.75) is 56.8 Å². The fraction of sp³-hybridized carbons (Fsp3) is 0.188. The Balaban J connectivity index is 1.18.